The molecule has 3 rings (SSSR count). The van der Waals surface area contributed by atoms with Crippen molar-refractivity contribution in [2.24, 2.45) is 0 Å². The first-order valence-corrected chi connectivity index (χ1v) is 12.8. The van der Waals surface area contributed by atoms with Crippen LogP contribution in [0.5, 0.6) is 0 Å². The Balaban J connectivity index is 0.00000507. The number of aliphatic hydroxyl groups is 8. The van der Waals surface area contributed by atoms with Crippen LogP contribution in [0.25, 0.3) is 0 Å². The minimum absolute atomic E-state index is 0. The van der Waals surface area contributed by atoms with Crippen LogP contribution in [-0.4, -0.2) is 171 Å². The molecule has 19 heteroatoms. The van der Waals surface area contributed by atoms with E-state index in [9.17, 15) is 53.8 Å². The fraction of sp³-hybridized carbons (Fsp3) is 1.00. The summed E-state index contributed by atoms with van der Waals surface area (Å²) in [5.41, 5.74) is 0. The van der Waals surface area contributed by atoms with E-state index in [2.05, 4.69) is 4.18 Å². The van der Waals surface area contributed by atoms with Gasteiger partial charge in [-0.15, -0.1) is 0 Å². The van der Waals surface area contributed by atoms with E-state index in [1.54, 1.807) is 0 Å². The Morgan fingerprint density at radius 2 is 1.42 bits per heavy atom. The second-order valence-corrected chi connectivity index (χ2v) is 10.3. The summed E-state index contributed by atoms with van der Waals surface area (Å²) in [4.78, 5) is 1.49. The number of aliphatic hydroxyl groups excluding tert-OH is 8. The van der Waals surface area contributed by atoms with E-state index in [-0.39, 0.29) is 36.1 Å². The smallest absolute Gasteiger partial charge is 0.726 e. The van der Waals surface area contributed by atoms with Gasteiger partial charge in [0.15, 0.2) is 12.6 Å². The maximum atomic E-state index is 11.1. The SMILES string of the molecule is C[C@@H]1O[C@@H](O[C@H]2[C@H](O[C@@H]3O[C@H](CO)[C@H](O)[C@H](OS(=O)(=O)[O-])[C@H]3O)[C@@H](O)CN(C)[C@@H]2CO)[C@@H](O)[C@H](O)[C@@H]1O.[Na+]. The number of piperidine rings is 1. The average molecular weight is 588 g/mol. The number of β-amino-alcohol motifs (C(OH)–C–C–N with tert-alkyl or cyclic N) is 1. The van der Waals surface area contributed by atoms with E-state index in [4.69, 9.17) is 18.9 Å². The maximum Gasteiger partial charge on any atom is 1.00 e. The summed E-state index contributed by atoms with van der Waals surface area (Å²) in [6, 6.07) is -0.919. The van der Waals surface area contributed by atoms with Gasteiger partial charge in [-0.3, -0.25) is 9.08 Å². The van der Waals surface area contributed by atoms with Crippen molar-refractivity contribution in [3.8, 4) is 0 Å². The molecule has 0 aromatic carbocycles. The first-order valence-electron chi connectivity index (χ1n) is 11.5. The second kappa shape index (κ2) is 14.0. The fourth-order valence-corrected chi connectivity index (χ4v) is 5.15. The first kappa shape index (κ1) is 34.6. The Morgan fingerprint density at radius 3 is 1.97 bits per heavy atom. The number of likely N-dealkylation sites (N-methyl/N-ethyl adjacent to an activating group) is 1. The predicted octanol–water partition coefficient (Wildman–Crippen LogP) is -9.46. The van der Waals surface area contributed by atoms with E-state index < -0.39 is 109 Å². The van der Waals surface area contributed by atoms with Gasteiger partial charge in [0.05, 0.1) is 31.5 Å². The van der Waals surface area contributed by atoms with Crippen LogP contribution in [0, 0.1) is 0 Å². The van der Waals surface area contributed by atoms with Gasteiger partial charge in [-0.1, -0.05) is 0 Å². The summed E-state index contributed by atoms with van der Waals surface area (Å²) in [5.74, 6) is 0. The Kier molecular flexibility index (Phi) is 12.7. The Morgan fingerprint density at radius 1 is 0.842 bits per heavy atom. The summed E-state index contributed by atoms with van der Waals surface area (Å²) >= 11 is 0. The molecule has 0 amide bonds. The molecule has 0 aromatic heterocycles. The van der Waals surface area contributed by atoms with Gasteiger partial charge < -0.3 is 64.4 Å². The van der Waals surface area contributed by atoms with Crippen molar-refractivity contribution in [2.45, 2.75) is 92.7 Å². The van der Waals surface area contributed by atoms with E-state index >= 15 is 0 Å². The number of hydrogen-bond donors (Lipinski definition) is 8. The van der Waals surface area contributed by atoms with Gasteiger partial charge >= 0.3 is 29.6 Å². The zero-order valence-electron chi connectivity index (χ0n) is 20.9. The van der Waals surface area contributed by atoms with Crippen molar-refractivity contribution >= 4 is 10.4 Å². The summed E-state index contributed by atoms with van der Waals surface area (Å²) in [5, 5.41) is 81.5. The molecule has 0 radical (unpaired) electrons. The van der Waals surface area contributed by atoms with Crippen LogP contribution in [0.4, 0.5) is 0 Å². The molecular weight excluding hydrogens is 553 g/mol. The molecule has 0 aromatic rings. The van der Waals surface area contributed by atoms with Gasteiger partial charge in [0.2, 0.25) is 10.4 Å². The van der Waals surface area contributed by atoms with E-state index in [0.29, 0.717) is 0 Å². The molecule has 3 heterocycles. The third-order valence-electron chi connectivity index (χ3n) is 6.75. The van der Waals surface area contributed by atoms with Crippen molar-refractivity contribution in [1.82, 2.24) is 4.90 Å². The van der Waals surface area contributed by atoms with Gasteiger partial charge in [0, 0.05) is 6.54 Å². The summed E-state index contributed by atoms with van der Waals surface area (Å²) in [6.45, 7) is -0.164. The largest absolute Gasteiger partial charge is 1.00 e. The van der Waals surface area contributed by atoms with Crippen LogP contribution in [-0.2, 0) is 33.5 Å². The molecule has 218 valence electrons. The Labute approximate surface area is 240 Å². The van der Waals surface area contributed by atoms with Crippen LogP contribution >= 0.6 is 0 Å². The van der Waals surface area contributed by atoms with Crippen LogP contribution in [0.15, 0.2) is 0 Å². The van der Waals surface area contributed by atoms with Crippen LogP contribution < -0.4 is 29.6 Å². The molecule has 17 nitrogen and oxygen atoms in total. The Hall–Kier alpha value is 0.350. The van der Waals surface area contributed by atoms with Crippen molar-refractivity contribution in [3.63, 3.8) is 0 Å². The zero-order valence-corrected chi connectivity index (χ0v) is 23.7. The summed E-state index contributed by atoms with van der Waals surface area (Å²) in [7, 11) is -3.89. The molecule has 0 saturated carbocycles. The monoisotopic (exact) mass is 587 g/mol. The topological polar surface area (TPSA) is 268 Å². The number of rotatable bonds is 8. The average Bonchev–Trinajstić information content (AvgIpc) is 2.81. The Bertz CT molecular complexity index is 857. The van der Waals surface area contributed by atoms with E-state index in [1.165, 1.54) is 18.9 Å². The van der Waals surface area contributed by atoms with E-state index in [1.807, 2.05) is 0 Å². The van der Waals surface area contributed by atoms with Gasteiger partial charge in [-0.2, -0.15) is 0 Å². The fourth-order valence-electron chi connectivity index (χ4n) is 4.65. The van der Waals surface area contributed by atoms with Gasteiger partial charge in [-0.05, 0) is 14.0 Å². The standard InChI is InChI=1S/C19H35NO16S.Na/c1-6-10(24)12(26)13(27)18(32-6)34-15-7(4-21)20(2)3-8(23)16(15)35-19-14(28)17(36-37(29,30)31)11(25)9(5-22)33-19;/h6-19,21-28H,3-5H2,1-2H3,(H,29,30,31);/q;+1/p-1/t6-,7+,8-,9+,10+,11-,12+,13-,14+,15+,16+,17-,18-,19-;/m0./s1. The van der Waals surface area contributed by atoms with Crippen molar-refractivity contribution in [1.29, 1.82) is 0 Å². The molecular formula is C19H34NNaO16S. The third-order valence-corrected chi connectivity index (χ3v) is 7.21. The summed E-state index contributed by atoms with van der Waals surface area (Å²) in [6.07, 6.45) is -21.3. The zero-order chi connectivity index (χ0) is 27.8. The quantitative estimate of drug-likeness (QED) is 0.0744. The van der Waals surface area contributed by atoms with Crippen molar-refractivity contribution in [2.75, 3.05) is 26.8 Å². The minimum Gasteiger partial charge on any atom is -0.726 e. The van der Waals surface area contributed by atoms with E-state index in [0.717, 1.165) is 0 Å². The predicted molar refractivity (Wildman–Crippen MR) is 114 cm³/mol. The normalized spacial score (nSPS) is 46.9. The first-order chi connectivity index (χ1) is 17.2. The third kappa shape index (κ3) is 7.59. The van der Waals surface area contributed by atoms with Crippen LogP contribution in [0.3, 0.4) is 0 Å². The number of hydrogen-bond acceptors (Lipinski definition) is 17. The molecule has 3 fully saturated rings. The molecule has 3 aliphatic rings. The summed E-state index contributed by atoms with van der Waals surface area (Å²) < 4.78 is 59.8. The van der Waals surface area contributed by atoms with Crippen molar-refractivity contribution < 1.29 is 107 Å². The minimum atomic E-state index is -5.42. The molecule has 38 heavy (non-hydrogen) atoms. The van der Waals surface area contributed by atoms with Crippen molar-refractivity contribution in [3.05, 3.63) is 0 Å². The maximum absolute atomic E-state index is 11.1. The molecule has 0 spiro atoms. The van der Waals surface area contributed by atoms with Gasteiger partial charge in [-0.25, -0.2) is 8.42 Å². The number of nitrogens with zero attached hydrogens (tertiary/aromatic N) is 1. The number of ether oxygens (including phenoxy) is 4. The molecule has 14 atom stereocenters. The molecule has 3 aliphatic heterocycles. The molecule has 0 bridgehead atoms. The second-order valence-electron chi connectivity index (χ2n) is 9.32. The van der Waals surface area contributed by atoms with Gasteiger partial charge in [0.1, 0.15) is 54.9 Å². The van der Waals surface area contributed by atoms with Crippen LogP contribution in [0.2, 0.25) is 0 Å². The molecule has 0 unspecified atom stereocenters. The van der Waals surface area contributed by atoms with Gasteiger partial charge in [0.25, 0.3) is 0 Å². The van der Waals surface area contributed by atoms with Crippen LogP contribution in [0.1, 0.15) is 6.92 Å². The number of likely N-dealkylation sites (tertiary alicyclic amines) is 1. The molecule has 0 aliphatic carbocycles. The molecule has 3 saturated heterocycles. The molecule has 8 N–H and O–H groups in total.